The van der Waals surface area contributed by atoms with Crippen LogP contribution in [0, 0.1) is 0 Å². The predicted octanol–water partition coefficient (Wildman–Crippen LogP) is 2.13. The first-order valence-corrected chi connectivity index (χ1v) is 5.90. The highest BCUT2D eigenvalue weighted by atomic mass is 16.6. The third-order valence-corrected chi connectivity index (χ3v) is 2.13. The van der Waals surface area contributed by atoms with Gasteiger partial charge in [-0.2, -0.15) is 0 Å². The highest BCUT2D eigenvalue weighted by molar-refractivity contribution is 5.90. The van der Waals surface area contributed by atoms with E-state index in [1.54, 1.807) is 13.0 Å². The lowest BCUT2D eigenvalue weighted by Gasteiger charge is -2.24. The van der Waals surface area contributed by atoms with Crippen LogP contribution >= 0.6 is 0 Å². The van der Waals surface area contributed by atoms with Crippen molar-refractivity contribution >= 4 is 11.9 Å². The van der Waals surface area contributed by atoms with Crippen molar-refractivity contribution in [2.45, 2.75) is 45.8 Å². The number of carbonyl (C=O) groups is 2. The summed E-state index contributed by atoms with van der Waals surface area (Å²) >= 11 is 0. The Labute approximate surface area is 106 Å². The minimum atomic E-state index is -0.804. The first kappa shape index (κ1) is 14.3. The molecule has 0 saturated heterocycles. The molecule has 1 unspecified atom stereocenters. The van der Waals surface area contributed by atoms with Gasteiger partial charge in [-0.15, -0.1) is 0 Å². The fraction of sp³-hybridized carbons (Fsp3) is 0.538. The van der Waals surface area contributed by atoms with E-state index in [1.165, 1.54) is 12.3 Å². The summed E-state index contributed by atoms with van der Waals surface area (Å²) < 4.78 is 10.0. The van der Waals surface area contributed by atoms with Gasteiger partial charge in [-0.3, -0.25) is 4.79 Å². The lowest BCUT2D eigenvalue weighted by molar-refractivity contribution is -0.131. The zero-order chi connectivity index (χ0) is 13.8. The van der Waals surface area contributed by atoms with Crippen molar-refractivity contribution < 1.29 is 18.7 Å². The van der Waals surface area contributed by atoms with Gasteiger partial charge < -0.3 is 14.5 Å². The van der Waals surface area contributed by atoms with E-state index < -0.39 is 12.1 Å². The predicted molar refractivity (Wildman–Crippen MR) is 66.1 cm³/mol. The maximum atomic E-state index is 11.9. The molecule has 1 heterocycles. The summed E-state index contributed by atoms with van der Waals surface area (Å²) in [4.78, 5) is 23.5. The second-order valence-corrected chi connectivity index (χ2v) is 5.02. The van der Waals surface area contributed by atoms with E-state index in [-0.39, 0.29) is 17.2 Å². The van der Waals surface area contributed by atoms with E-state index in [0.717, 1.165) is 0 Å². The molecule has 1 amide bonds. The largest absolute Gasteiger partial charge is 0.457 e. The molecule has 1 N–H and O–H groups in total. The number of ether oxygens (including phenoxy) is 1. The Morgan fingerprint density at radius 2 is 2.11 bits per heavy atom. The van der Waals surface area contributed by atoms with Gasteiger partial charge in [0.1, 0.15) is 0 Å². The van der Waals surface area contributed by atoms with Gasteiger partial charge in [0.25, 0.3) is 5.91 Å². The van der Waals surface area contributed by atoms with Crippen LogP contribution in [0.5, 0.6) is 0 Å². The molecule has 1 aromatic rings. The zero-order valence-electron chi connectivity index (χ0n) is 11.1. The highest BCUT2D eigenvalue weighted by Gasteiger charge is 2.26. The van der Waals surface area contributed by atoms with Crippen LogP contribution in [0.25, 0.3) is 0 Å². The van der Waals surface area contributed by atoms with E-state index in [0.29, 0.717) is 6.42 Å². The van der Waals surface area contributed by atoms with Gasteiger partial charge in [0.15, 0.2) is 6.10 Å². The summed E-state index contributed by atoms with van der Waals surface area (Å²) in [6.07, 6.45) is 0.989. The molecule has 5 heteroatoms. The highest BCUT2D eigenvalue weighted by Crippen LogP contribution is 2.09. The Morgan fingerprint density at radius 3 is 2.56 bits per heavy atom. The van der Waals surface area contributed by atoms with E-state index in [4.69, 9.17) is 9.15 Å². The van der Waals surface area contributed by atoms with Gasteiger partial charge in [0, 0.05) is 5.54 Å². The molecular weight excluding hydrogens is 234 g/mol. The summed E-state index contributed by atoms with van der Waals surface area (Å²) in [5.41, 5.74) is -0.360. The minimum absolute atomic E-state index is 0.0945. The monoisotopic (exact) mass is 253 g/mol. The molecule has 5 nitrogen and oxygen atoms in total. The molecule has 0 radical (unpaired) electrons. The molecule has 0 aliphatic carbocycles. The standard InChI is InChI=1S/C13H19NO4/c1-5-9(11(15)14-13(2,3)4)18-12(16)10-7-6-8-17-10/h6-9H,5H2,1-4H3,(H,14,15). The molecule has 0 aliphatic rings. The molecule has 0 spiro atoms. The van der Waals surface area contributed by atoms with Gasteiger partial charge in [0.2, 0.25) is 5.76 Å². The van der Waals surface area contributed by atoms with Gasteiger partial charge in [-0.05, 0) is 39.3 Å². The fourth-order valence-electron chi connectivity index (χ4n) is 1.35. The van der Waals surface area contributed by atoms with Crippen molar-refractivity contribution in [2.75, 3.05) is 0 Å². The third-order valence-electron chi connectivity index (χ3n) is 2.13. The van der Waals surface area contributed by atoms with E-state index >= 15 is 0 Å². The van der Waals surface area contributed by atoms with Crippen LogP contribution in [0.4, 0.5) is 0 Å². The summed E-state index contributed by atoms with van der Waals surface area (Å²) in [6, 6.07) is 3.09. The number of rotatable bonds is 4. The zero-order valence-corrected chi connectivity index (χ0v) is 11.1. The number of amides is 1. The Kier molecular flexibility index (Phi) is 4.53. The first-order valence-electron chi connectivity index (χ1n) is 5.90. The van der Waals surface area contributed by atoms with Crippen LogP contribution in [0.3, 0.4) is 0 Å². The van der Waals surface area contributed by atoms with E-state index in [1.807, 2.05) is 20.8 Å². The maximum absolute atomic E-state index is 11.9. The molecule has 0 aliphatic heterocycles. The van der Waals surface area contributed by atoms with Crippen LogP contribution < -0.4 is 5.32 Å². The van der Waals surface area contributed by atoms with Crippen molar-refractivity contribution in [3.63, 3.8) is 0 Å². The quantitative estimate of drug-likeness (QED) is 0.835. The molecular formula is C13H19NO4. The Balaban J connectivity index is 2.62. The van der Waals surface area contributed by atoms with Crippen molar-refractivity contribution in [3.05, 3.63) is 24.2 Å². The third kappa shape index (κ3) is 4.24. The summed E-state index contributed by atoms with van der Waals surface area (Å²) in [7, 11) is 0. The molecule has 0 saturated carbocycles. The Morgan fingerprint density at radius 1 is 1.44 bits per heavy atom. The van der Waals surface area contributed by atoms with Crippen LogP contribution in [0.2, 0.25) is 0 Å². The number of hydrogen-bond donors (Lipinski definition) is 1. The number of hydrogen-bond acceptors (Lipinski definition) is 4. The van der Waals surface area contributed by atoms with Gasteiger partial charge >= 0.3 is 5.97 Å². The normalized spacial score (nSPS) is 12.9. The summed E-state index contributed by atoms with van der Waals surface area (Å²) in [5.74, 6) is -0.835. The lowest BCUT2D eigenvalue weighted by Crippen LogP contribution is -2.47. The number of furan rings is 1. The smallest absolute Gasteiger partial charge is 0.374 e. The first-order chi connectivity index (χ1) is 8.33. The van der Waals surface area contributed by atoms with Crippen molar-refractivity contribution in [3.8, 4) is 0 Å². The van der Waals surface area contributed by atoms with Gasteiger partial charge in [-0.25, -0.2) is 4.79 Å². The van der Waals surface area contributed by atoms with Crippen LogP contribution in [0.15, 0.2) is 22.8 Å². The summed E-state index contributed by atoms with van der Waals surface area (Å²) in [6.45, 7) is 7.38. The SMILES string of the molecule is CCC(OC(=O)c1ccco1)C(=O)NC(C)(C)C. The minimum Gasteiger partial charge on any atom is -0.457 e. The molecule has 0 aromatic carbocycles. The topological polar surface area (TPSA) is 68.5 Å². The number of nitrogens with one attached hydrogen (secondary N) is 1. The Hall–Kier alpha value is -1.78. The van der Waals surface area contributed by atoms with Crippen LogP contribution in [0.1, 0.15) is 44.7 Å². The second kappa shape index (κ2) is 5.71. The molecule has 0 bridgehead atoms. The molecule has 1 rings (SSSR count). The van der Waals surface area contributed by atoms with Crippen molar-refractivity contribution in [1.29, 1.82) is 0 Å². The van der Waals surface area contributed by atoms with Gasteiger partial charge in [0.05, 0.1) is 6.26 Å². The van der Waals surface area contributed by atoms with E-state index in [9.17, 15) is 9.59 Å². The molecule has 0 fully saturated rings. The molecule has 18 heavy (non-hydrogen) atoms. The van der Waals surface area contributed by atoms with Crippen molar-refractivity contribution in [1.82, 2.24) is 5.32 Å². The number of carbonyl (C=O) groups excluding carboxylic acids is 2. The van der Waals surface area contributed by atoms with Crippen LogP contribution in [-0.4, -0.2) is 23.5 Å². The second-order valence-electron chi connectivity index (χ2n) is 5.02. The Bertz CT molecular complexity index is 403. The molecule has 100 valence electrons. The summed E-state index contributed by atoms with van der Waals surface area (Å²) in [5, 5.41) is 2.77. The van der Waals surface area contributed by atoms with Crippen LogP contribution in [-0.2, 0) is 9.53 Å². The van der Waals surface area contributed by atoms with Crippen molar-refractivity contribution in [2.24, 2.45) is 0 Å². The average molecular weight is 253 g/mol. The van der Waals surface area contributed by atoms with E-state index in [2.05, 4.69) is 5.32 Å². The fourth-order valence-corrected chi connectivity index (χ4v) is 1.35. The average Bonchev–Trinajstić information content (AvgIpc) is 2.76. The maximum Gasteiger partial charge on any atom is 0.374 e. The van der Waals surface area contributed by atoms with Gasteiger partial charge in [-0.1, -0.05) is 6.92 Å². The molecule has 1 atom stereocenters. The molecule has 1 aromatic heterocycles. The lowest BCUT2D eigenvalue weighted by atomic mass is 10.1. The number of esters is 1.